The van der Waals surface area contributed by atoms with Gasteiger partial charge in [-0.1, -0.05) is 91.0 Å². The van der Waals surface area contributed by atoms with Crippen LogP contribution in [0.3, 0.4) is 0 Å². The van der Waals surface area contributed by atoms with E-state index in [0.717, 1.165) is 26.9 Å². The smallest absolute Gasteiger partial charge is 0.268 e. The summed E-state index contributed by atoms with van der Waals surface area (Å²) in [6, 6.07) is 47.3. The fraction of sp³-hybridized carbons (Fsp3) is 0.0541. The molecule has 212 valence electrons. The summed E-state index contributed by atoms with van der Waals surface area (Å²) in [5, 5.41) is 4.20. The molecule has 0 aliphatic heterocycles. The number of nitrogens with zero attached hydrogens (tertiary/aromatic N) is 1. The number of ketones is 1. The van der Waals surface area contributed by atoms with E-state index in [-0.39, 0.29) is 10.7 Å². The van der Waals surface area contributed by atoms with Crippen molar-refractivity contribution in [2.24, 2.45) is 0 Å². The van der Waals surface area contributed by atoms with Crippen LogP contribution in [-0.4, -0.2) is 18.2 Å². The van der Waals surface area contributed by atoms with Crippen molar-refractivity contribution in [1.82, 2.24) is 3.97 Å². The summed E-state index contributed by atoms with van der Waals surface area (Å²) in [6.45, 7) is 1.51. The summed E-state index contributed by atoms with van der Waals surface area (Å²) in [7, 11) is -6.51. The van der Waals surface area contributed by atoms with Crippen molar-refractivity contribution in [1.29, 1.82) is 0 Å². The van der Waals surface area contributed by atoms with Crippen LogP contribution in [0.2, 0.25) is 0 Å². The van der Waals surface area contributed by atoms with Crippen molar-refractivity contribution >= 4 is 56.0 Å². The first-order valence-corrected chi connectivity index (χ1v) is 17.5. The predicted octanol–water partition coefficient (Wildman–Crippen LogP) is 6.97. The summed E-state index contributed by atoms with van der Waals surface area (Å²) < 4.78 is 30.7. The summed E-state index contributed by atoms with van der Waals surface area (Å²) >= 11 is 0. The van der Waals surface area contributed by atoms with Crippen molar-refractivity contribution < 1.29 is 13.2 Å². The molecule has 6 aromatic rings. The number of aromatic nitrogens is 1. The molecule has 0 fully saturated rings. The minimum Gasteiger partial charge on any atom is -0.295 e. The quantitative estimate of drug-likeness (QED) is 0.133. The lowest BCUT2D eigenvalue weighted by atomic mass is 10.1. The van der Waals surface area contributed by atoms with Crippen LogP contribution in [0.25, 0.3) is 17.0 Å². The van der Waals surface area contributed by atoms with Crippen molar-refractivity contribution in [3.8, 4) is 0 Å². The van der Waals surface area contributed by atoms with E-state index >= 15 is 0 Å². The van der Waals surface area contributed by atoms with E-state index < -0.39 is 17.3 Å². The minimum absolute atomic E-state index is 0.107. The summed E-state index contributed by atoms with van der Waals surface area (Å²) in [5.41, 5.74) is 1.96. The number of hydrogen-bond donors (Lipinski definition) is 0. The first kappa shape index (κ1) is 28.5. The van der Waals surface area contributed by atoms with Gasteiger partial charge in [0.25, 0.3) is 10.0 Å². The van der Waals surface area contributed by atoms with E-state index in [1.807, 2.05) is 84.9 Å². The monoisotopic (exact) mass is 600 g/mol. The predicted molar refractivity (Wildman–Crippen MR) is 180 cm³/mol. The molecule has 0 saturated heterocycles. The van der Waals surface area contributed by atoms with Gasteiger partial charge in [0.2, 0.25) is 0 Å². The standard InChI is InChI=1S/C37H31NO3PS/c1-29(39)26-27-35-34-24-14-15-25-36(34)38(43(40,41)33-22-12-5-13-23-33)37(35)28-42(30-16-6-2-7-17-30,31-18-8-3-9-19-31)32-20-10-4-11-21-32/h2-27H,28H2,1H3/q+1/b27-26+. The second kappa shape index (κ2) is 12.0. The van der Waals surface area contributed by atoms with Gasteiger partial charge in [0.15, 0.2) is 5.78 Å². The van der Waals surface area contributed by atoms with E-state index in [0.29, 0.717) is 17.4 Å². The molecule has 0 bridgehead atoms. The van der Waals surface area contributed by atoms with Gasteiger partial charge in [0.05, 0.1) is 16.1 Å². The van der Waals surface area contributed by atoms with Crippen LogP contribution in [-0.2, 0) is 21.0 Å². The Kier molecular flexibility index (Phi) is 7.94. The third-order valence-electron chi connectivity index (χ3n) is 7.71. The zero-order valence-corrected chi connectivity index (χ0v) is 25.5. The number of benzene rings is 5. The second-order valence-corrected chi connectivity index (χ2v) is 15.7. The Labute approximate surface area is 253 Å². The third-order valence-corrected chi connectivity index (χ3v) is 13.8. The molecule has 6 heteroatoms. The highest BCUT2D eigenvalue weighted by molar-refractivity contribution is 7.95. The maximum absolute atomic E-state index is 14.6. The fourth-order valence-electron chi connectivity index (χ4n) is 5.79. The Balaban J connectivity index is 1.76. The molecule has 0 N–H and O–H groups in total. The zero-order valence-electron chi connectivity index (χ0n) is 23.7. The van der Waals surface area contributed by atoms with Crippen LogP contribution in [0.15, 0.2) is 157 Å². The van der Waals surface area contributed by atoms with Gasteiger partial charge < -0.3 is 0 Å². The molecule has 0 aliphatic rings. The molecular formula is C37H31NO3PS+. The van der Waals surface area contributed by atoms with Gasteiger partial charge in [-0.05, 0) is 73.7 Å². The highest BCUT2D eigenvalue weighted by Gasteiger charge is 2.47. The van der Waals surface area contributed by atoms with Crippen LogP contribution in [0.1, 0.15) is 18.2 Å². The van der Waals surface area contributed by atoms with Gasteiger partial charge in [0.1, 0.15) is 29.3 Å². The summed E-state index contributed by atoms with van der Waals surface area (Å²) in [6.07, 6.45) is 3.73. The van der Waals surface area contributed by atoms with Gasteiger partial charge in [-0.2, -0.15) is 0 Å². The molecule has 0 spiro atoms. The van der Waals surface area contributed by atoms with Gasteiger partial charge >= 0.3 is 0 Å². The molecule has 0 aliphatic carbocycles. The molecule has 0 unspecified atom stereocenters. The third kappa shape index (κ3) is 5.27. The second-order valence-electron chi connectivity index (χ2n) is 10.4. The average Bonchev–Trinajstić information content (AvgIpc) is 3.37. The maximum atomic E-state index is 14.6. The van der Waals surface area contributed by atoms with Gasteiger partial charge in [-0.15, -0.1) is 0 Å². The van der Waals surface area contributed by atoms with Gasteiger partial charge in [-0.3, -0.25) is 4.79 Å². The first-order chi connectivity index (χ1) is 20.9. The van der Waals surface area contributed by atoms with Crippen LogP contribution in [0, 0.1) is 0 Å². The molecule has 1 aromatic heterocycles. The Morgan fingerprint density at radius 1 is 0.651 bits per heavy atom. The molecule has 0 radical (unpaired) electrons. The molecule has 1 heterocycles. The number of fused-ring (bicyclic) bond motifs is 1. The topological polar surface area (TPSA) is 56.1 Å². The molecule has 4 nitrogen and oxygen atoms in total. The van der Waals surface area contributed by atoms with Crippen LogP contribution in [0.4, 0.5) is 0 Å². The average molecular weight is 601 g/mol. The van der Waals surface area contributed by atoms with E-state index in [9.17, 15) is 13.2 Å². The Morgan fingerprint density at radius 2 is 1.09 bits per heavy atom. The summed E-state index contributed by atoms with van der Waals surface area (Å²) in [4.78, 5) is 12.4. The lowest BCUT2D eigenvalue weighted by Gasteiger charge is -2.28. The van der Waals surface area contributed by atoms with Crippen LogP contribution < -0.4 is 15.9 Å². The van der Waals surface area contributed by atoms with Crippen molar-refractivity contribution in [2.45, 2.75) is 18.0 Å². The van der Waals surface area contributed by atoms with E-state index in [4.69, 9.17) is 0 Å². The summed E-state index contributed by atoms with van der Waals surface area (Å²) in [5.74, 6) is -0.107. The number of carbonyl (C=O) groups excluding carboxylic acids is 1. The van der Waals surface area contributed by atoms with Crippen LogP contribution >= 0.6 is 7.26 Å². The number of carbonyl (C=O) groups is 1. The number of hydrogen-bond acceptors (Lipinski definition) is 3. The Bertz CT molecular complexity index is 1920. The van der Waals surface area contributed by atoms with Gasteiger partial charge in [0, 0.05) is 10.9 Å². The van der Waals surface area contributed by atoms with E-state index in [1.165, 1.54) is 17.0 Å². The lowest BCUT2D eigenvalue weighted by molar-refractivity contribution is -0.112. The molecule has 43 heavy (non-hydrogen) atoms. The highest BCUT2D eigenvalue weighted by Crippen LogP contribution is 2.59. The molecular weight excluding hydrogens is 569 g/mol. The van der Waals surface area contributed by atoms with Crippen molar-refractivity contribution in [2.75, 3.05) is 0 Å². The SMILES string of the molecule is CC(=O)/C=C/c1c(C[P+](c2ccccc2)(c2ccccc2)c2ccccc2)n(S(=O)(=O)c2ccccc2)c2ccccc12. The first-order valence-electron chi connectivity index (χ1n) is 14.1. The molecule has 6 rings (SSSR count). The van der Waals surface area contributed by atoms with E-state index in [1.54, 1.807) is 30.3 Å². The van der Waals surface area contributed by atoms with Gasteiger partial charge in [-0.25, -0.2) is 12.4 Å². The van der Waals surface area contributed by atoms with Crippen molar-refractivity contribution in [3.63, 3.8) is 0 Å². The molecule has 0 amide bonds. The van der Waals surface area contributed by atoms with E-state index in [2.05, 4.69) is 36.4 Å². The molecule has 5 aromatic carbocycles. The van der Waals surface area contributed by atoms with Crippen molar-refractivity contribution in [3.05, 3.63) is 163 Å². The Morgan fingerprint density at radius 3 is 1.58 bits per heavy atom. The number of rotatable bonds is 9. The Hall–Kier alpha value is -4.57. The maximum Gasteiger partial charge on any atom is 0.268 e. The minimum atomic E-state index is -4.02. The normalized spacial score (nSPS) is 12.1. The molecule has 0 atom stereocenters. The van der Waals surface area contributed by atoms with Crippen LogP contribution in [0.5, 0.6) is 0 Å². The fourth-order valence-corrected chi connectivity index (χ4v) is 11.7. The lowest BCUT2D eigenvalue weighted by Crippen LogP contribution is -2.33. The zero-order chi connectivity index (χ0) is 29.9. The number of para-hydroxylation sites is 1. The highest BCUT2D eigenvalue weighted by atomic mass is 32.2. The number of allylic oxidation sites excluding steroid dienone is 1. The molecule has 0 saturated carbocycles. The largest absolute Gasteiger partial charge is 0.295 e.